The van der Waals surface area contributed by atoms with E-state index >= 15 is 0 Å². The van der Waals surface area contributed by atoms with Gasteiger partial charge < -0.3 is 5.32 Å². The van der Waals surface area contributed by atoms with Gasteiger partial charge in [-0.3, -0.25) is 5.10 Å². The number of hydrogen-bond donors (Lipinski definition) is 2. The van der Waals surface area contributed by atoms with Gasteiger partial charge in [-0.25, -0.2) is 8.78 Å². The highest BCUT2D eigenvalue weighted by atomic mass is 35.5. The summed E-state index contributed by atoms with van der Waals surface area (Å²) >= 11 is 5.59. The van der Waals surface area contributed by atoms with Crippen molar-refractivity contribution in [2.24, 2.45) is 0 Å². The van der Waals surface area contributed by atoms with Crippen molar-refractivity contribution in [3.63, 3.8) is 0 Å². The van der Waals surface area contributed by atoms with E-state index < -0.39 is 11.6 Å². The number of H-pyrrole nitrogens is 1. The number of para-hydroxylation sites is 1. The molecule has 2 aromatic carbocycles. The Morgan fingerprint density at radius 3 is 2.74 bits per heavy atom. The minimum atomic E-state index is -1.06. The number of nitrogens with zero attached hydrogens (tertiary/aromatic N) is 1. The lowest BCUT2D eigenvalue weighted by Gasteiger charge is -2.05. The lowest BCUT2D eigenvalue weighted by Crippen LogP contribution is -1.94. The first-order chi connectivity index (χ1) is 9.15. The summed E-state index contributed by atoms with van der Waals surface area (Å²) in [7, 11) is 0. The minimum Gasteiger partial charge on any atom is -0.338 e. The smallest absolute Gasteiger partial charge is 0.177 e. The number of benzene rings is 2. The molecule has 0 fully saturated rings. The first-order valence-electron chi connectivity index (χ1n) is 5.50. The molecule has 0 saturated heterocycles. The predicted molar refractivity (Wildman–Crippen MR) is 70.7 cm³/mol. The lowest BCUT2D eigenvalue weighted by molar-refractivity contribution is 0.509. The van der Waals surface area contributed by atoms with Crippen molar-refractivity contribution in [3.05, 3.63) is 53.1 Å². The Morgan fingerprint density at radius 2 is 1.95 bits per heavy atom. The number of aromatic nitrogens is 2. The molecule has 2 N–H and O–H groups in total. The second kappa shape index (κ2) is 4.51. The molecule has 0 spiro atoms. The minimum absolute atomic E-state index is 0.276. The Morgan fingerprint density at radius 1 is 1.16 bits per heavy atom. The van der Waals surface area contributed by atoms with Crippen LogP contribution in [0.2, 0.25) is 5.02 Å². The average Bonchev–Trinajstić information content (AvgIpc) is 2.79. The van der Waals surface area contributed by atoms with Crippen LogP contribution in [0.25, 0.3) is 10.9 Å². The van der Waals surface area contributed by atoms with E-state index in [2.05, 4.69) is 15.5 Å². The zero-order valence-corrected chi connectivity index (χ0v) is 10.3. The van der Waals surface area contributed by atoms with Gasteiger partial charge in [0, 0.05) is 17.1 Å². The first kappa shape index (κ1) is 11.9. The van der Waals surface area contributed by atoms with E-state index in [1.807, 2.05) is 24.3 Å². The molecule has 19 heavy (non-hydrogen) atoms. The molecule has 0 saturated carbocycles. The fourth-order valence-electron chi connectivity index (χ4n) is 1.82. The predicted octanol–water partition coefficient (Wildman–Crippen LogP) is 4.24. The van der Waals surface area contributed by atoms with Crippen LogP contribution >= 0.6 is 11.6 Å². The highest BCUT2D eigenvalue weighted by molar-refractivity contribution is 6.31. The number of nitrogens with one attached hydrogen (secondary N) is 2. The molecule has 3 nitrogen and oxygen atoms in total. The van der Waals surface area contributed by atoms with E-state index in [1.165, 1.54) is 6.07 Å². The van der Waals surface area contributed by atoms with Crippen LogP contribution < -0.4 is 5.32 Å². The SMILES string of the molecule is Fc1cc(Nc2n[nH]c3ccccc23)cc(Cl)c1F. The van der Waals surface area contributed by atoms with Crippen LogP contribution in [-0.4, -0.2) is 10.2 Å². The van der Waals surface area contributed by atoms with Crippen molar-refractivity contribution in [3.8, 4) is 0 Å². The molecule has 0 radical (unpaired) electrons. The number of rotatable bonds is 2. The fourth-order valence-corrected chi connectivity index (χ4v) is 2.03. The molecule has 3 aromatic rings. The lowest BCUT2D eigenvalue weighted by atomic mass is 10.2. The summed E-state index contributed by atoms with van der Waals surface area (Å²) in [6.07, 6.45) is 0. The molecule has 1 aromatic heterocycles. The molecule has 0 aliphatic carbocycles. The van der Waals surface area contributed by atoms with Crippen LogP contribution in [0.1, 0.15) is 0 Å². The van der Waals surface area contributed by atoms with E-state index in [-0.39, 0.29) is 5.02 Å². The Bertz CT molecular complexity index is 731. The van der Waals surface area contributed by atoms with Gasteiger partial charge in [-0.05, 0) is 18.2 Å². The van der Waals surface area contributed by atoms with E-state index in [4.69, 9.17) is 11.6 Å². The maximum Gasteiger partial charge on any atom is 0.177 e. The molecule has 0 aliphatic rings. The van der Waals surface area contributed by atoms with Gasteiger partial charge in [0.15, 0.2) is 17.5 Å². The highest BCUT2D eigenvalue weighted by Gasteiger charge is 2.11. The van der Waals surface area contributed by atoms with E-state index in [0.717, 1.165) is 17.0 Å². The van der Waals surface area contributed by atoms with E-state index in [9.17, 15) is 8.78 Å². The van der Waals surface area contributed by atoms with Crippen molar-refractivity contribution < 1.29 is 8.78 Å². The van der Waals surface area contributed by atoms with Gasteiger partial charge in [-0.2, -0.15) is 5.10 Å². The van der Waals surface area contributed by atoms with Crippen molar-refractivity contribution in [1.29, 1.82) is 0 Å². The molecule has 1 heterocycles. The van der Waals surface area contributed by atoms with Gasteiger partial charge in [0.25, 0.3) is 0 Å². The normalized spacial score (nSPS) is 10.9. The molecular formula is C13H8ClF2N3. The summed E-state index contributed by atoms with van der Waals surface area (Å²) in [5.41, 5.74) is 1.18. The summed E-state index contributed by atoms with van der Waals surface area (Å²) < 4.78 is 26.3. The zero-order chi connectivity index (χ0) is 13.4. The molecule has 0 atom stereocenters. The molecule has 0 amide bonds. The number of fused-ring (bicyclic) bond motifs is 1. The Hall–Kier alpha value is -2.14. The highest BCUT2D eigenvalue weighted by Crippen LogP contribution is 2.27. The topological polar surface area (TPSA) is 40.7 Å². The van der Waals surface area contributed by atoms with Gasteiger partial charge in [-0.15, -0.1) is 0 Å². The van der Waals surface area contributed by atoms with E-state index in [1.54, 1.807) is 0 Å². The standard InChI is InChI=1S/C13H8ClF2N3/c14-9-5-7(6-10(15)12(9)16)17-13-8-3-1-2-4-11(8)18-19-13/h1-6H,(H2,17,18,19). The maximum atomic E-state index is 13.3. The van der Waals surface area contributed by atoms with Gasteiger partial charge >= 0.3 is 0 Å². The second-order valence-electron chi connectivity index (χ2n) is 4.00. The largest absolute Gasteiger partial charge is 0.338 e. The number of anilines is 2. The third-order valence-corrected chi connectivity index (χ3v) is 2.99. The average molecular weight is 280 g/mol. The third-order valence-electron chi connectivity index (χ3n) is 2.72. The number of hydrogen-bond acceptors (Lipinski definition) is 2. The summed E-state index contributed by atoms with van der Waals surface area (Å²) in [5, 5.41) is 10.4. The van der Waals surface area contributed by atoms with E-state index in [0.29, 0.717) is 11.5 Å². The number of aromatic amines is 1. The summed E-state index contributed by atoms with van der Waals surface area (Å²) in [6, 6.07) is 9.81. The van der Waals surface area contributed by atoms with Crippen molar-refractivity contribution in [2.75, 3.05) is 5.32 Å². The quantitative estimate of drug-likeness (QED) is 0.689. The van der Waals surface area contributed by atoms with Crippen LogP contribution in [0.3, 0.4) is 0 Å². The van der Waals surface area contributed by atoms with Crippen LogP contribution in [-0.2, 0) is 0 Å². The summed E-state index contributed by atoms with van der Waals surface area (Å²) in [6.45, 7) is 0. The molecule has 6 heteroatoms. The summed E-state index contributed by atoms with van der Waals surface area (Å²) in [5.74, 6) is -1.54. The molecule has 3 rings (SSSR count). The van der Waals surface area contributed by atoms with Crippen molar-refractivity contribution in [1.82, 2.24) is 10.2 Å². The van der Waals surface area contributed by atoms with Gasteiger partial charge in [0.05, 0.1) is 10.5 Å². The first-order valence-corrected chi connectivity index (χ1v) is 5.87. The van der Waals surface area contributed by atoms with Crippen LogP contribution in [0.5, 0.6) is 0 Å². The molecule has 96 valence electrons. The van der Waals surface area contributed by atoms with Crippen molar-refractivity contribution in [2.45, 2.75) is 0 Å². The Kier molecular flexibility index (Phi) is 2.83. The fraction of sp³-hybridized carbons (Fsp3) is 0. The van der Waals surface area contributed by atoms with Crippen LogP contribution in [0.15, 0.2) is 36.4 Å². The number of halogens is 3. The molecular weight excluding hydrogens is 272 g/mol. The van der Waals surface area contributed by atoms with Crippen molar-refractivity contribution >= 4 is 34.0 Å². The zero-order valence-electron chi connectivity index (χ0n) is 9.55. The molecule has 0 bridgehead atoms. The Balaban J connectivity index is 2.01. The van der Waals surface area contributed by atoms with Crippen LogP contribution in [0.4, 0.5) is 20.3 Å². The maximum absolute atomic E-state index is 13.3. The monoisotopic (exact) mass is 279 g/mol. The Labute approximate surface area is 112 Å². The second-order valence-corrected chi connectivity index (χ2v) is 4.40. The van der Waals surface area contributed by atoms with Gasteiger partial charge in [-0.1, -0.05) is 23.7 Å². The van der Waals surface area contributed by atoms with Gasteiger partial charge in [0.2, 0.25) is 0 Å². The third kappa shape index (κ3) is 2.13. The van der Waals surface area contributed by atoms with Gasteiger partial charge in [0.1, 0.15) is 0 Å². The van der Waals surface area contributed by atoms with Crippen LogP contribution in [0, 0.1) is 11.6 Å². The molecule has 0 aliphatic heterocycles. The molecule has 0 unspecified atom stereocenters. The summed E-state index contributed by atoms with van der Waals surface area (Å²) in [4.78, 5) is 0.